The Morgan fingerprint density at radius 3 is 2.71 bits per heavy atom. The molecule has 0 fully saturated rings. The van der Waals surface area contributed by atoms with Crippen LogP contribution in [0.5, 0.6) is 0 Å². The van der Waals surface area contributed by atoms with Crippen LogP contribution in [-0.4, -0.2) is 32.8 Å². The molecule has 0 radical (unpaired) electrons. The number of carbonyl (C=O) groups excluding carboxylic acids is 2. The highest BCUT2D eigenvalue weighted by Crippen LogP contribution is 2.15. The summed E-state index contributed by atoms with van der Waals surface area (Å²) in [4.78, 5) is 23.8. The highest BCUT2D eigenvalue weighted by molar-refractivity contribution is 6.04. The minimum atomic E-state index is -0.417. The van der Waals surface area contributed by atoms with Crippen LogP contribution in [0.15, 0.2) is 24.7 Å². The number of aromatic nitrogens is 3. The van der Waals surface area contributed by atoms with Gasteiger partial charge in [-0.1, -0.05) is 0 Å². The zero-order chi connectivity index (χ0) is 15.4. The zero-order valence-corrected chi connectivity index (χ0v) is 12.3. The summed E-state index contributed by atoms with van der Waals surface area (Å²) < 4.78 is 8.23. The van der Waals surface area contributed by atoms with Gasteiger partial charge >= 0.3 is 5.97 Å². The first-order valence-electron chi connectivity index (χ1n) is 6.72. The average Bonchev–Trinajstić information content (AvgIpc) is 3.05. The van der Waals surface area contributed by atoms with E-state index in [9.17, 15) is 9.59 Å². The molecule has 0 aromatic carbocycles. The highest BCUT2D eigenvalue weighted by atomic mass is 16.5. The second-order valence-corrected chi connectivity index (χ2v) is 4.48. The van der Waals surface area contributed by atoms with Crippen molar-refractivity contribution >= 4 is 17.6 Å². The monoisotopic (exact) mass is 290 g/mol. The van der Waals surface area contributed by atoms with Gasteiger partial charge in [-0.3, -0.25) is 9.48 Å². The van der Waals surface area contributed by atoms with Crippen LogP contribution in [0.4, 0.5) is 5.69 Å². The van der Waals surface area contributed by atoms with Crippen LogP contribution in [0.1, 0.15) is 34.7 Å². The molecule has 7 heteroatoms. The number of hydrogen-bond acceptors (Lipinski definition) is 4. The van der Waals surface area contributed by atoms with Gasteiger partial charge in [0.1, 0.15) is 5.69 Å². The van der Waals surface area contributed by atoms with E-state index >= 15 is 0 Å². The van der Waals surface area contributed by atoms with E-state index in [0.717, 1.165) is 0 Å². The van der Waals surface area contributed by atoms with E-state index in [1.54, 1.807) is 41.7 Å². The number of anilines is 1. The summed E-state index contributed by atoms with van der Waals surface area (Å²) in [6.07, 6.45) is 4.84. The molecule has 0 saturated heterocycles. The third-order valence-corrected chi connectivity index (χ3v) is 2.97. The second kappa shape index (κ2) is 6.25. The number of rotatable bonds is 5. The fourth-order valence-corrected chi connectivity index (χ4v) is 1.90. The SMILES string of the molecule is CCOC(=O)c1cc(NC(=O)c2cnn(CC)c2)cn1C. The Labute approximate surface area is 122 Å². The number of ether oxygens (including phenoxy) is 1. The Bertz CT molecular complexity index is 657. The topological polar surface area (TPSA) is 78.2 Å². The standard InChI is InChI=1S/C14H18N4O3/c1-4-18-8-10(7-15-18)13(19)16-11-6-12(17(3)9-11)14(20)21-5-2/h6-9H,4-5H2,1-3H3,(H,16,19). The predicted molar refractivity (Wildman–Crippen MR) is 77.2 cm³/mol. The number of esters is 1. The van der Waals surface area contributed by atoms with Crippen LogP contribution in [0.3, 0.4) is 0 Å². The van der Waals surface area contributed by atoms with Crippen molar-refractivity contribution in [1.29, 1.82) is 0 Å². The molecule has 0 atom stereocenters. The molecule has 2 heterocycles. The highest BCUT2D eigenvalue weighted by Gasteiger charge is 2.15. The molecule has 1 N–H and O–H groups in total. The fourth-order valence-electron chi connectivity index (χ4n) is 1.90. The van der Waals surface area contributed by atoms with Gasteiger partial charge in [-0.05, 0) is 19.9 Å². The van der Waals surface area contributed by atoms with Crippen molar-refractivity contribution in [3.05, 3.63) is 35.9 Å². The minimum absolute atomic E-state index is 0.268. The summed E-state index contributed by atoms with van der Waals surface area (Å²) >= 11 is 0. The van der Waals surface area contributed by atoms with E-state index in [4.69, 9.17) is 4.74 Å². The molecule has 0 spiro atoms. The zero-order valence-electron chi connectivity index (χ0n) is 12.3. The van der Waals surface area contributed by atoms with Gasteiger partial charge in [0, 0.05) is 26.0 Å². The average molecular weight is 290 g/mol. The molecule has 7 nitrogen and oxygen atoms in total. The maximum Gasteiger partial charge on any atom is 0.355 e. The lowest BCUT2D eigenvalue weighted by Gasteiger charge is -2.01. The Kier molecular flexibility index (Phi) is 4.42. The number of nitrogens with one attached hydrogen (secondary N) is 1. The number of hydrogen-bond donors (Lipinski definition) is 1. The molecular weight excluding hydrogens is 272 g/mol. The second-order valence-electron chi connectivity index (χ2n) is 4.48. The quantitative estimate of drug-likeness (QED) is 0.850. The van der Waals surface area contributed by atoms with E-state index < -0.39 is 5.97 Å². The van der Waals surface area contributed by atoms with Crippen LogP contribution in [0.2, 0.25) is 0 Å². The molecule has 0 bridgehead atoms. The van der Waals surface area contributed by atoms with Gasteiger partial charge in [-0.2, -0.15) is 5.10 Å². The van der Waals surface area contributed by atoms with Gasteiger partial charge in [-0.15, -0.1) is 0 Å². The van der Waals surface area contributed by atoms with Gasteiger partial charge in [0.25, 0.3) is 5.91 Å². The lowest BCUT2D eigenvalue weighted by Crippen LogP contribution is -2.10. The summed E-state index contributed by atoms with van der Waals surface area (Å²) in [5.41, 5.74) is 1.39. The fraction of sp³-hybridized carbons (Fsp3) is 0.357. The summed E-state index contributed by atoms with van der Waals surface area (Å²) in [7, 11) is 1.72. The summed E-state index contributed by atoms with van der Waals surface area (Å²) in [6.45, 7) is 4.69. The van der Waals surface area contributed by atoms with Gasteiger partial charge in [0.15, 0.2) is 0 Å². The van der Waals surface area contributed by atoms with Crippen molar-refractivity contribution in [2.75, 3.05) is 11.9 Å². The van der Waals surface area contributed by atoms with E-state index in [2.05, 4.69) is 10.4 Å². The van der Waals surface area contributed by atoms with Gasteiger partial charge < -0.3 is 14.6 Å². The third kappa shape index (κ3) is 3.31. The molecule has 0 aliphatic carbocycles. The van der Waals surface area contributed by atoms with Crippen molar-refractivity contribution in [3.63, 3.8) is 0 Å². The maximum atomic E-state index is 12.1. The van der Waals surface area contributed by atoms with E-state index in [1.165, 1.54) is 6.20 Å². The van der Waals surface area contributed by atoms with Crippen LogP contribution in [0.25, 0.3) is 0 Å². The number of amides is 1. The number of nitrogens with zero attached hydrogens (tertiary/aromatic N) is 3. The largest absolute Gasteiger partial charge is 0.461 e. The van der Waals surface area contributed by atoms with Gasteiger partial charge in [-0.25, -0.2) is 4.79 Å². The van der Waals surface area contributed by atoms with Crippen LogP contribution >= 0.6 is 0 Å². The first kappa shape index (κ1) is 14.8. The Balaban J connectivity index is 2.11. The Hall–Kier alpha value is -2.57. The molecule has 1 amide bonds. The lowest BCUT2D eigenvalue weighted by atomic mass is 10.3. The molecule has 2 aromatic rings. The molecule has 0 saturated carbocycles. The Morgan fingerprint density at radius 2 is 2.10 bits per heavy atom. The summed E-state index contributed by atoms with van der Waals surface area (Å²) in [5, 5.41) is 6.78. The van der Waals surface area contributed by atoms with E-state index in [0.29, 0.717) is 30.1 Å². The van der Waals surface area contributed by atoms with Crippen molar-refractivity contribution in [3.8, 4) is 0 Å². The first-order valence-corrected chi connectivity index (χ1v) is 6.72. The number of carbonyl (C=O) groups is 2. The summed E-state index contributed by atoms with van der Waals surface area (Å²) in [5.74, 6) is -0.685. The first-order chi connectivity index (χ1) is 10.0. The predicted octanol–water partition coefficient (Wildman–Crippen LogP) is 1.67. The molecule has 21 heavy (non-hydrogen) atoms. The summed E-state index contributed by atoms with van der Waals surface area (Å²) in [6, 6.07) is 1.58. The lowest BCUT2D eigenvalue weighted by molar-refractivity contribution is 0.0515. The molecule has 112 valence electrons. The molecular formula is C14H18N4O3. The van der Waals surface area contributed by atoms with Crippen molar-refractivity contribution < 1.29 is 14.3 Å². The molecule has 2 aromatic heterocycles. The molecule has 0 aliphatic heterocycles. The van der Waals surface area contributed by atoms with E-state index in [1.807, 2.05) is 6.92 Å². The molecule has 2 rings (SSSR count). The van der Waals surface area contributed by atoms with Gasteiger partial charge in [0.05, 0.1) is 24.1 Å². The van der Waals surface area contributed by atoms with Crippen LogP contribution in [0, 0.1) is 0 Å². The van der Waals surface area contributed by atoms with E-state index in [-0.39, 0.29) is 5.91 Å². The van der Waals surface area contributed by atoms with Crippen LogP contribution in [-0.2, 0) is 18.3 Å². The minimum Gasteiger partial charge on any atom is -0.461 e. The maximum absolute atomic E-state index is 12.1. The van der Waals surface area contributed by atoms with Crippen molar-refractivity contribution in [2.45, 2.75) is 20.4 Å². The molecule has 0 aliphatic rings. The Morgan fingerprint density at radius 1 is 1.33 bits per heavy atom. The van der Waals surface area contributed by atoms with Crippen molar-refractivity contribution in [2.24, 2.45) is 7.05 Å². The van der Waals surface area contributed by atoms with Gasteiger partial charge in [0.2, 0.25) is 0 Å². The normalized spacial score (nSPS) is 10.4. The smallest absolute Gasteiger partial charge is 0.355 e. The third-order valence-electron chi connectivity index (χ3n) is 2.97. The van der Waals surface area contributed by atoms with Crippen molar-refractivity contribution in [1.82, 2.24) is 14.3 Å². The molecule has 0 unspecified atom stereocenters. The van der Waals surface area contributed by atoms with Crippen LogP contribution < -0.4 is 5.32 Å². The number of aryl methyl sites for hydroxylation is 2.